The molecule has 0 unspecified atom stereocenters. The number of carbonyl (C=O) groups is 1. The summed E-state index contributed by atoms with van der Waals surface area (Å²) in [4.78, 5) is 12.1. The highest BCUT2D eigenvalue weighted by Gasteiger charge is 2.17. The van der Waals surface area contributed by atoms with Crippen LogP contribution in [-0.4, -0.2) is 10.5 Å². The zero-order valence-electron chi connectivity index (χ0n) is 17.8. The summed E-state index contributed by atoms with van der Waals surface area (Å²) in [5.74, 6) is 0.396. The number of aryl methyl sites for hydroxylation is 1. The van der Waals surface area contributed by atoms with Crippen molar-refractivity contribution in [3.8, 4) is 5.75 Å². The molecule has 0 fully saturated rings. The lowest BCUT2D eigenvalue weighted by atomic mass is 10.1. The first kappa shape index (κ1) is 19.9. The summed E-state index contributed by atoms with van der Waals surface area (Å²) >= 11 is 0. The van der Waals surface area contributed by atoms with E-state index in [0.717, 1.165) is 44.2 Å². The van der Waals surface area contributed by atoms with Crippen molar-refractivity contribution in [3.05, 3.63) is 113 Å². The van der Waals surface area contributed by atoms with Crippen LogP contribution in [0.2, 0.25) is 0 Å². The number of ether oxygens (including phenoxy) is 1. The monoisotopic (exact) mass is 419 g/mol. The number of aromatic nitrogens is 1. The minimum absolute atomic E-state index is 0.431. The van der Waals surface area contributed by atoms with Gasteiger partial charge in [0.15, 0.2) is 0 Å². The summed E-state index contributed by atoms with van der Waals surface area (Å²) in [5, 5.41) is 1.77. The van der Waals surface area contributed by atoms with E-state index in [2.05, 4.69) is 41.0 Å². The first-order valence-corrected chi connectivity index (χ1v) is 10.6. The van der Waals surface area contributed by atoms with E-state index in [4.69, 9.17) is 10.5 Å². The highest BCUT2D eigenvalue weighted by atomic mass is 16.5. The topological polar surface area (TPSA) is 57.2 Å². The van der Waals surface area contributed by atoms with Crippen LogP contribution in [-0.2, 0) is 13.2 Å². The number of benzene rings is 4. The van der Waals surface area contributed by atoms with Gasteiger partial charge in [0.05, 0.1) is 11.0 Å². The first-order chi connectivity index (χ1) is 15.6. The number of amides is 1. The lowest BCUT2D eigenvalue weighted by Crippen LogP contribution is -2.11. The number of hydrogen-bond acceptors (Lipinski definition) is 2. The van der Waals surface area contributed by atoms with Crippen LogP contribution in [0.25, 0.3) is 21.8 Å². The Morgan fingerprint density at radius 2 is 1.72 bits per heavy atom. The van der Waals surface area contributed by atoms with Gasteiger partial charge in [-0.15, -0.1) is 0 Å². The highest BCUT2D eigenvalue weighted by Crippen LogP contribution is 2.33. The maximum atomic E-state index is 12.1. The molecule has 5 rings (SSSR count). The number of nitrogens with zero attached hydrogens (tertiary/aromatic N) is 1. The second kappa shape index (κ2) is 8.23. The Morgan fingerprint density at radius 3 is 2.53 bits per heavy atom. The van der Waals surface area contributed by atoms with Crippen LogP contribution >= 0.6 is 0 Å². The van der Waals surface area contributed by atoms with Gasteiger partial charge in [-0.25, -0.2) is 0 Å². The molecule has 1 radical (unpaired) electrons. The number of hydrogen-bond donors (Lipinski definition) is 1. The summed E-state index contributed by atoms with van der Waals surface area (Å²) in [7, 11) is 0. The molecule has 4 nitrogen and oxygen atoms in total. The van der Waals surface area contributed by atoms with Crippen molar-refractivity contribution >= 4 is 27.7 Å². The fraction of sp³-hybridized carbons (Fsp3) is 0.107. The summed E-state index contributed by atoms with van der Waals surface area (Å²) in [6, 6.07) is 31.4. The van der Waals surface area contributed by atoms with Crippen molar-refractivity contribution in [2.45, 2.75) is 20.1 Å². The summed E-state index contributed by atoms with van der Waals surface area (Å²) in [6.07, 6.45) is 0. The molecule has 2 N–H and O–H groups in total. The lowest BCUT2D eigenvalue weighted by molar-refractivity contribution is 0.100. The maximum Gasteiger partial charge on any atom is 0.249 e. The molecule has 0 saturated carbocycles. The lowest BCUT2D eigenvalue weighted by Gasteiger charge is -2.11. The van der Waals surface area contributed by atoms with Gasteiger partial charge >= 0.3 is 0 Å². The van der Waals surface area contributed by atoms with Crippen LogP contribution < -0.4 is 10.5 Å². The van der Waals surface area contributed by atoms with E-state index in [9.17, 15) is 4.79 Å². The number of nitrogens with two attached hydrogens (primary N) is 1. The standard InChI is InChI=1S/C28H23N2O2/c1-19-13-14-23-26(15-19)30(25-12-6-11-24(27(23)25)28(29)31)17-21-9-5-10-22(16-21)32-18-20-7-3-2-4-8-20/h2-13,15-16H,17-18H2,1H3,(H2,29,31). The molecule has 1 heterocycles. The number of primary amides is 1. The van der Waals surface area contributed by atoms with Crippen molar-refractivity contribution in [2.24, 2.45) is 5.73 Å². The molecule has 1 aromatic heterocycles. The van der Waals surface area contributed by atoms with Gasteiger partial charge in [0.25, 0.3) is 0 Å². The Balaban J connectivity index is 1.54. The summed E-state index contributed by atoms with van der Waals surface area (Å²) in [5.41, 5.74) is 11.6. The first-order valence-electron chi connectivity index (χ1n) is 10.6. The average molecular weight is 420 g/mol. The molecule has 0 aliphatic heterocycles. The van der Waals surface area contributed by atoms with E-state index in [1.807, 2.05) is 55.5 Å². The van der Waals surface area contributed by atoms with Gasteiger partial charge < -0.3 is 15.0 Å². The Labute approximate surface area is 186 Å². The largest absolute Gasteiger partial charge is 0.489 e. The predicted octanol–water partition coefficient (Wildman–Crippen LogP) is 5.63. The average Bonchev–Trinajstić information content (AvgIpc) is 3.11. The van der Waals surface area contributed by atoms with Crippen LogP contribution in [0.15, 0.2) is 84.9 Å². The van der Waals surface area contributed by atoms with Gasteiger partial charge in [0.1, 0.15) is 12.4 Å². The number of rotatable bonds is 6. The SMILES string of the molecule is Cc1c[c]c2c3c(C(N)=O)cccc3n(Cc3cccc(OCc4ccccc4)c3)c2c1. The van der Waals surface area contributed by atoms with Crippen LogP contribution in [0.4, 0.5) is 0 Å². The smallest absolute Gasteiger partial charge is 0.249 e. The molecule has 0 atom stereocenters. The maximum absolute atomic E-state index is 12.1. The fourth-order valence-corrected chi connectivity index (χ4v) is 4.19. The molecule has 4 heteroatoms. The number of fused-ring (bicyclic) bond motifs is 3. The molecule has 0 saturated heterocycles. The Morgan fingerprint density at radius 1 is 0.938 bits per heavy atom. The molecule has 0 spiro atoms. The Bertz CT molecular complexity index is 1430. The van der Waals surface area contributed by atoms with Crippen molar-refractivity contribution in [3.63, 3.8) is 0 Å². The predicted molar refractivity (Wildman–Crippen MR) is 128 cm³/mol. The second-order valence-electron chi connectivity index (χ2n) is 8.01. The van der Waals surface area contributed by atoms with Crippen molar-refractivity contribution < 1.29 is 9.53 Å². The molecule has 157 valence electrons. The molecular weight excluding hydrogens is 396 g/mol. The summed E-state index contributed by atoms with van der Waals surface area (Å²) in [6.45, 7) is 3.21. The second-order valence-corrected chi connectivity index (χ2v) is 8.01. The zero-order chi connectivity index (χ0) is 22.1. The number of carbonyl (C=O) groups excluding carboxylic acids is 1. The Kier molecular flexibility index (Phi) is 5.12. The third-order valence-electron chi connectivity index (χ3n) is 5.69. The highest BCUT2D eigenvalue weighted by molar-refractivity contribution is 6.17. The van der Waals surface area contributed by atoms with Crippen LogP contribution in [0.1, 0.15) is 27.0 Å². The third kappa shape index (κ3) is 3.71. The van der Waals surface area contributed by atoms with Crippen molar-refractivity contribution in [1.29, 1.82) is 0 Å². The van der Waals surface area contributed by atoms with E-state index in [0.29, 0.717) is 18.7 Å². The Hall–Kier alpha value is -4.05. The molecule has 0 bridgehead atoms. The minimum atomic E-state index is -0.431. The van der Waals surface area contributed by atoms with E-state index < -0.39 is 5.91 Å². The van der Waals surface area contributed by atoms with Crippen molar-refractivity contribution in [1.82, 2.24) is 4.57 Å². The van der Waals surface area contributed by atoms with Crippen molar-refractivity contribution in [2.75, 3.05) is 0 Å². The third-order valence-corrected chi connectivity index (χ3v) is 5.69. The molecule has 0 aliphatic carbocycles. The fourth-order valence-electron chi connectivity index (χ4n) is 4.19. The van der Waals surface area contributed by atoms with E-state index >= 15 is 0 Å². The normalized spacial score (nSPS) is 11.2. The van der Waals surface area contributed by atoms with Crippen LogP contribution in [0.3, 0.4) is 0 Å². The van der Waals surface area contributed by atoms with E-state index in [1.165, 1.54) is 0 Å². The van der Waals surface area contributed by atoms with E-state index in [1.54, 1.807) is 6.07 Å². The van der Waals surface area contributed by atoms with Gasteiger partial charge in [-0.3, -0.25) is 4.79 Å². The van der Waals surface area contributed by atoms with Crippen LogP contribution in [0.5, 0.6) is 5.75 Å². The van der Waals surface area contributed by atoms with Gasteiger partial charge in [0, 0.05) is 22.9 Å². The molecule has 32 heavy (non-hydrogen) atoms. The van der Waals surface area contributed by atoms with E-state index in [-0.39, 0.29) is 0 Å². The summed E-state index contributed by atoms with van der Waals surface area (Å²) < 4.78 is 8.24. The molecule has 1 amide bonds. The molecule has 4 aromatic carbocycles. The molecule has 0 aliphatic rings. The molecular formula is C28H23N2O2. The minimum Gasteiger partial charge on any atom is -0.489 e. The van der Waals surface area contributed by atoms with Gasteiger partial charge in [0.2, 0.25) is 5.91 Å². The quantitative estimate of drug-likeness (QED) is 0.388. The zero-order valence-corrected chi connectivity index (χ0v) is 17.8. The van der Waals surface area contributed by atoms with Gasteiger partial charge in [-0.1, -0.05) is 54.6 Å². The van der Waals surface area contributed by atoms with Crippen LogP contribution in [0, 0.1) is 13.0 Å². The molecule has 5 aromatic rings. The van der Waals surface area contributed by atoms with Gasteiger partial charge in [-0.2, -0.15) is 0 Å². The van der Waals surface area contributed by atoms with Gasteiger partial charge in [-0.05, 0) is 60.0 Å².